The molecule has 0 aliphatic heterocycles. The summed E-state index contributed by atoms with van der Waals surface area (Å²) in [6.07, 6.45) is 17.1. The van der Waals surface area contributed by atoms with Gasteiger partial charge in [-0.05, 0) is 112 Å². The lowest BCUT2D eigenvalue weighted by Gasteiger charge is -2.39. The van der Waals surface area contributed by atoms with Gasteiger partial charge in [0.15, 0.2) is 0 Å². The maximum atomic E-state index is 12.0. The fourth-order valence-corrected chi connectivity index (χ4v) is 9.33. The van der Waals surface area contributed by atoms with Crippen LogP contribution in [0, 0.1) is 12.8 Å². The molecule has 1 saturated carbocycles. The molecular formula is C50H68N4O7S. The first-order chi connectivity index (χ1) is 29.9. The van der Waals surface area contributed by atoms with Gasteiger partial charge in [0.25, 0.3) is 10.1 Å². The normalized spacial score (nSPS) is 14.7. The van der Waals surface area contributed by atoms with Crippen LogP contribution in [0.2, 0.25) is 0 Å². The maximum Gasteiger partial charge on any atom is 0.295 e. The molecule has 1 unspecified atom stereocenters. The SMILES string of the molecule is CN/C=C(/CN(C)CCCCCCCCCNCCc1ccc(O)c2[nH]c(=O)ccc12)OCC(O)(c1ccccc1)C1CCCCC1.Cc1cccc2c(S(=O)(=O)O)cccc12. The quantitative estimate of drug-likeness (QED) is 0.0225. The van der Waals surface area contributed by atoms with Crippen LogP contribution in [0.1, 0.15) is 93.7 Å². The van der Waals surface area contributed by atoms with Crippen molar-refractivity contribution in [2.45, 2.75) is 101 Å². The molecule has 1 aliphatic rings. The zero-order valence-electron chi connectivity index (χ0n) is 36.9. The Labute approximate surface area is 368 Å². The highest BCUT2D eigenvalue weighted by atomic mass is 32.2. The molecule has 336 valence electrons. The minimum atomic E-state index is -4.15. The van der Waals surface area contributed by atoms with Crippen molar-refractivity contribution in [2.75, 3.05) is 46.9 Å². The number of aromatic hydroxyl groups is 1. The molecule has 1 fully saturated rings. The molecule has 1 heterocycles. The van der Waals surface area contributed by atoms with Gasteiger partial charge in [0.2, 0.25) is 5.56 Å². The fraction of sp³-hybridized carbons (Fsp3) is 0.460. The number of phenols is 1. The second-order valence-electron chi connectivity index (χ2n) is 16.8. The number of pyridine rings is 1. The van der Waals surface area contributed by atoms with Crippen LogP contribution in [0.25, 0.3) is 21.7 Å². The number of aromatic nitrogens is 1. The summed E-state index contributed by atoms with van der Waals surface area (Å²) in [5, 5.41) is 31.0. The number of likely N-dealkylation sites (N-methyl/N-ethyl adjacent to an activating group) is 1. The molecule has 1 aromatic heterocycles. The van der Waals surface area contributed by atoms with E-state index in [2.05, 4.69) is 27.6 Å². The van der Waals surface area contributed by atoms with Gasteiger partial charge in [-0.1, -0.05) is 118 Å². The molecule has 6 N–H and O–H groups in total. The Balaban J connectivity index is 0.000000404. The lowest BCUT2D eigenvalue weighted by molar-refractivity contribution is -0.0884. The molecule has 0 saturated heterocycles. The minimum absolute atomic E-state index is 0.0382. The van der Waals surface area contributed by atoms with E-state index < -0.39 is 15.7 Å². The van der Waals surface area contributed by atoms with Crippen LogP contribution in [0.4, 0.5) is 0 Å². The first kappa shape index (κ1) is 48.3. The van der Waals surface area contributed by atoms with Crippen molar-refractivity contribution < 1.29 is 27.9 Å². The summed E-state index contributed by atoms with van der Waals surface area (Å²) < 4.78 is 37.6. The predicted molar refractivity (Wildman–Crippen MR) is 251 cm³/mol. The summed E-state index contributed by atoms with van der Waals surface area (Å²) in [5.74, 6) is 1.19. The second-order valence-corrected chi connectivity index (χ2v) is 18.2. The Bertz CT molecular complexity index is 2350. The van der Waals surface area contributed by atoms with E-state index in [1.807, 2.05) is 68.7 Å². The number of hydrogen-bond donors (Lipinski definition) is 6. The highest BCUT2D eigenvalue weighted by Crippen LogP contribution is 2.40. The molecule has 4 aromatic carbocycles. The topological polar surface area (TPSA) is 164 Å². The summed E-state index contributed by atoms with van der Waals surface area (Å²) in [6, 6.07) is 27.2. The van der Waals surface area contributed by atoms with Crippen LogP contribution in [-0.2, 0) is 26.9 Å². The largest absolute Gasteiger partial charge is 0.506 e. The van der Waals surface area contributed by atoms with E-state index in [4.69, 9.17) is 9.29 Å². The predicted octanol–water partition coefficient (Wildman–Crippen LogP) is 8.97. The van der Waals surface area contributed by atoms with E-state index in [0.29, 0.717) is 17.4 Å². The summed E-state index contributed by atoms with van der Waals surface area (Å²) in [6.45, 7) is 5.79. The molecule has 0 bridgehead atoms. The lowest BCUT2D eigenvalue weighted by Crippen LogP contribution is -2.41. The molecule has 12 heteroatoms. The zero-order chi connectivity index (χ0) is 44.4. The molecule has 11 nitrogen and oxygen atoms in total. The highest BCUT2D eigenvalue weighted by molar-refractivity contribution is 7.86. The summed E-state index contributed by atoms with van der Waals surface area (Å²) in [5.41, 5.74) is 2.41. The Morgan fingerprint density at radius 2 is 1.53 bits per heavy atom. The number of aliphatic hydroxyl groups is 1. The van der Waals surface area contributed by atoms with Crippen molar-refractivity contribution >= 4 is 31.8 Å². The number of ether oxygens (including phenoxy) is 1. The van der Waals surface area contributed by atoms with Crippen molar-refractivity contribution in [1.82, 2.24) is 20.5 Å². The summed E-state index contributed by atoms with van der Waals surface area (Å²) in [4.78, 5) is 16.6. The average molecular weight is 869 g/mol. The smallest absolute Gasteiger partial charge is 0.295 e. The van der Waals surface area contributed by atoms with Gasteiger partial charge in [0.1, 0.15) is 28.6 Å². The number of aromatic amines is 1. The third-order valence-electron chi connectivity index (χ3n) is 12.1. The third-order valence-corrected chi connectivity index (χ3v) is 13.0. The van der Waals surface area contributed by atoms with Crippen molar-refractivity contribution in [3.63, 3.8) is 0 Å². The molecule has 0 spiro atoms. The maximum absolute atomic E-state index is 12.0. The van der Waals surface area contributed by atoms with E-state index in [1.54, 1.807) is 30.3 Å². The first-order valence-corrected chi connectivity index (χ1v) is 23.8. The van der Waals surface area contributed by atoms with Gasteiger partial charge in [-0.15, -0.1) is 0 Å². The van der Waals surface area contributed by atoms with Gasteiger partial charge in [0, 0.05) is 30.1 Å². The van der Waals surface area contributed by atoms with Crippen LogP contribution in [-0.4, -0.2) is 79.9 Å². The van der Waals surface area contributed by atoms with Crippen LogP contribution in [0.15, 0.2) is 113 Å². The van der Waals surface area contributed by atoms with Crippen molar-refractivity contribution in [3.8, 4) is 5.75 Å². The van der Waals surface area contributed by atoms with Crippen LogP contribution in [0.5, 0.6) is 5.75 Å². The van der Waals surface area contributed by atoms with E-state index in [-0.39, 0.29) is 28.7 Å². The third kappa shape index (κ3) is 14.2. The number of aryl methyl sites for hydroxylation is 1. The van der Waals surface area contributed by atoms with E-state index in [0.717, 1.165) is 72.1 Å². The van der Waals surface area contributed by atoms with Crippen LogP contribution in [0.3, 0.4) is 0 Å². The minimum Gasteiger partial charge on any atom is -0.506 e. The van der Waals surface area contributed by atoms with E-state index >= 15 is 0 Å². The molecule has 1 aliphatic carbocycles. The van der Waals surface area contributed by atoms with E-state index in [9.17, 15) is 23.4 Å². The molecule has 5 aromatic rings. The Morgan fingerprint density at radius 1 is 0.839 bits per heavy atom. The average Bonchev–Trinajstić information content (AvgIpc) is 3.27. The van der Waals surface area contributed by atoms with Crippen molar-refractivity contribution in [2.24, 2.45) is 5.92 Å². The monoisotopic (exact) mass is 868 g/mol. The van der Waals surface area contributed by atoms with Gasteiger partial charge >= 0.3 is 0 Å². The van der Waals surface area contributed by atoms with Gasteiger partial charge in [-0.2, -0.15) is 8.42 Å². The van der Waals surface area contributed by atoms with Gasteiger partial charge < -0.3 is 30.6 Å². The molecule has 0 radical (unpaired) electrons. The number of hydrogen-bond acceptors (Lipinski definition) is 9. The van der Waals surface area contributed by atoms with Gasteiger partial charge in [-0.3, -0.25) is 14.2 Å². The highest BCUT2D eigenvalue weighted by Gasteiger charge is 2.40. The first-order valence-electron chi connectivity index (χ1n) is 22.4. The number of unbranched alkanes of at least 4 members (excludes halogenated alkanes) is 6. The van der Waals surface area contributed by atoms with Crippen molar-refractivity contribution in [1.29, 1.82) is 0 Å². The Morgan fingerprint density at radius 3 is 2.26 bits per heavy atom. The van der Waals surface area contributed by atoms with Gasteiger partial charge in [-0.25, -0.2) is 0 Å². The van der Waals surface area contributed by atoms with Crippen LogP contribution >= 0.6 is 0 Å². The van der Waals surface area contributed by atoms with Gasteiger partial charge in [0.05, 0.1) is 12.1 Å². The molecule has 0 amide bonds. The fourth-order valence-electron chi connectivity index (χ4n) is 8.63. The molecule has 6 rings (SSSR count). The standard InChI is InChI=1S/C39H58N4O4.C11H10O3S/c1-40-28-34(47-30-39(46,32-16-10-8-11-17-32)33-18-12-9-13-19-33)29-43(2)27-15-7-5-3-4-6-14-25-41-26-24-31-20-22-36(44)38-35(31)21-23-37(45)42-38;1-8-4-2-6-10-9(8)5-3-7-11(10)15(12,13)14/h8,10-11,16-17,20-23,28,33,40-41,44,46H,3-7,9,12-15,18-19,24-27,29-30H2,1-2H3,(H,42,45);2-7H,1H3,(H,12,13,14)/b34-28-;. The number of phenolic OH excluding ortho intramolecular Hbond substituents is 1. The number of nitrogens with one attached hydrogen (secondary N) is 3. The summed E-state index contributed by atoms with van der Waals surface area (Å²) >= 11 is 0. The summed E-state index contributed by atoms with van der Waals surface area (Å²) in [7, 11) is -0.101. The molecule has 62 heavy (non-hydrogen) atoms. The molecule has 1 atom stereocenters. The van der Waals surface area contributed by atoms with Crippen LogP contribution < -0.4 is 16.2 Å². The zero-order valence-corrected chi connectivity index (χ0v) is 37.7. The number of H-pyrrole nitrogens is 1. The second kappa shape index (κ2) is 24.2. The number of rotatable bonds is 22. The number of benzene rings is 4. The van der Waals surface area contributed by atoms with Crippen molar-refractivity contribution in [3.05, 3.63) is 130 Å². The Kier molecular flexibility index (Phi) is 18.9. The van der Waals surface area contributed by atoms with E-state index in [1.165, 1.54) is 76.3 Å². The Hall–Kier alpha value is -4.72. The molecular weight excluding hydrogens is 801 g/mol. The number of fused-ring (bicyclic) bond motifs is 2. The lowest BCUT2D eigenvalue weighted by atomic mass is 9.74. The number of nitrogens with zero attached hydrogens (tertiary/aromatic N) is 1.